The molecular formula is C19H23N3O3. The molecule has 2 N–H and O–H groups in total. The number of amides is 2. The van der Waals surface area contributed by atoms with Crippen LogP contribution < -0.4 is 5.32 Å². The molecule has 1 aliphatic heterocycles. The van der Waals surface area contributed by atoms with E-state index in [1.54, 1.807) is 6.20 Å². The molecule has 6 heteroatoms. The zero-order chi connectivity index (χ0) is 18.0. The third kappa shape index (κ3) is 3.57. The molecule has 2 aromatic rings. The molecule has 1 aromatic heterocycles. The molecule has 25 heavy (non-hydrogen) atoms. The summed E-state index contributed by atoms with van der Waals surface area (Å²) < 4.78 is 0. The predicted octanol–water partition coefficient (Wildman–Crippen LogP) is 3.12. The number of aromatic nitrogens is 1. The first-order valence-corrected chi connectivity index (χ1v) is 8.53. The van der Waals surface area contributed by atoms with Gasteiger partial charge in [0.2, 0.25) is 5.91 Å². The number of benzene rings is 1. The molecular weight excluding hydrogens is 318 g/mol. The molecule has 1 aromatic carbocycles. The second kappa shape index (κ2) is 6.70. The fourth-order valence-electron chi connectivity index (χ4n) is 3.59. The maximum absolute atomic E-state index is 12.5. The van der Waals surface area contributed by atoms with Gasteiger partial charge in [-0.2, -0.15) is 0 Å². The lowest BCUT2D eigenvalue weighted by atomic mass is 9.94. The van der Waals surface area contributed by atoms with Crippen LogP contribution in [0.15, 0.2) is 36.5 Å². The standard InChI is InChI=1S/C19H23N3O3/c1-19(2,17-15-8-4-3-6-13(15)9-10-20-17)21-16(23)12-14-7-5-11-22(14)18(24)25/h3-4,6,8-10,14H,5,7,11-12H2,1-2H3,(H,21,23)(H,24,25)/t14-/m0/s1. The van der Waals surface area contributed by atoms with E-state index in [9.17, 15) is 14.7 Å². The lowest BCUT2D eigenvalue weighted by molar-refractivity contribution is -0.123. The number of rotatable bonds is 4. The number of fused-ring (bicyclic) bond motifs is 1. The number of nitrogens with one attached hydrogen (secondary N) is 1. The molecule has 1 aliphatic rings. The van der Waals surface area contributed by atoms with Crippen molar-refractivity contribution in [3.63, 3.8) is 0 Å². The van der Waals surface area contributed by atoms with E-state index in [2.05, 4.69) is 10.3 Å². The van der Waals surface area contributed by atoms with Crippen LogP contribution in [-0.2, 0) is 10.3 Å². The lowest BCUT2D eigenvalue weighted by Gasteiger charge is -2.28. The molecule has 0 unspecified atom stereocenters. The van der Waals surface area contributed by atoms with E-state index < -0.39 is 11.6 Å². The molecule has 0 radical (unpaired) electrons. The average Bonchev–Trinajstić information content (AvgIpc) is 3.02. The van der Waals surface area contributed by atoms with E-state index >= 15 is 0 Å². The Labute approximate surface area is 146 Å². The van der Waals surface area contributed by atoms with Gasteiger partial charge in [0.15, 0.2) is 0 Å². The smallest absolute Gasteiger partial charge is 0.407 e. The zero-order valence-electron chi connectivity index (χ0n) is 14.5. The van der Waals surface area contributed by atoms with Crippen LogP contribution in [0.4, 0.5) is 4.79 Å². The summed E-state index contributed by atoms with van der Waals surface area (Å²) in [5.74, 6) is -0.155. The van der Waals surface area contributed by atoms with Gasteiger partial charge in [-0.1, -0.05) is 24.3 Å². The predicted molar refractivity (Wildman–Crippen MR) is 95.3 cm³/mol. The average molecular weight is 341 g/mol. The second-order valence-corrected chi connectivity index (χ2v) is 7.03. The molecule has 2 amide bonds. The van der Waals surface area contributed by atoms with E-state index in [1.807, 2.05) is 44.2 Å². The first-order valence-electron chi connectivity index (χ1n) is 8.53. The number of hydrogen-bond donors (Lipinski definition) is 2. The Bertz CT molecular complexity index is 798. The third-order valence-electron chi connectivity index (χ3n) is 4.76. The number of nitrogens with zero attached hydrogens (tertiary/aromatic N) is 2. The van der Waals surface area contributed by atoms with Crippen molar-refractivity contribution in [1.82, 2.24) is 15.2 Å². The Hall–Kier alpha value is -2.63. The highest BCUT2D eigenvalue weighted by Gasteiger charge is 2.32. The van der Waals surface area contributed by atoms with Crippen molar-refractivity contribution in [2.24, 2.45) is 0 Å². The van der Waals surface area contributed by atoms with Crippen molar-refractivity contribution in [1.29, 1.82) is 0 Å². The van der Waals surface area contributed by atoms with Gasteiger partial charge in [-0.15, -0.1) is 0 Å². The van der Waals surface area contributed by atoms with E-state index in [0.717, 1.165) is 29.3 Å². The van der Waals surface area contributed by atoms with Gasteiger partial charge in [-0.3, -0.25) is 9.78 Å². The summed E-state index contributed by atoms with van der Waals surface area (Å²) >= 11 is 0. The van der Waals surface area contributed by atoms with Crippen molar-refractivity contribution >= 4 is 22.8 Å². The third-order valence-corrected chi connectivity index (χ3v) is 4.76. The Morgan fingerprint density at radius 3 is 2.84 bits per heavy atom. The van der Waals surface area contributed by atoms with Gasteiger partial charge in [0.25, 0.3) is 0 Å². The summed E-state index contributed by atoms with van der Waals surface area (Å²) in [5, 5.41) is 14.3. The summed E-state index contributed by atoms with van der Waals surface area (Å²) in [6, 6.07) is 9.64. The van der Waals surface area contributed by atoms with Gasteiger partial charge < -0.3 is 15.3 Å². The lowest BCUT2D eigenvalue weighted by Crippen LogP contribution is -2.45. The van der Waals surface area contributed by atoms with Crippen molar-refractivity contribution < 1.29 is 14.7 Å². The monoisotopic (exact) mass is 341 g/mol. The minimum Gasteiger partial charge on any atom is -0.465 e. The molecule has 0 aliphatic carbocycles. The van der Waals surface area contributed by atoms with Gasteiger partial charge in [-0.25, -0.2) is 4.79 Å². The molecule has 0 saturated carbocycles. The number of hydrogen-bond acceptors (Lipinski definition) is 3. The Balaban J connectivity index is 1.76. The van der Waals surface area contributed by atoms with Gasteiger partial charge in [0.1, 0.15) is 0 Å². The molecule has 132 valence electrons. The largest absolute Gasteiger partial charge is 0.465 e. The van der Waals surface area contributed by atoms with Crippen LogP contribution in [-0.4, -0.2) is 39.6 Å². The highest BCUT2D eigenvalue weighted by molar-refractivity contribution is 5.86. The SMILES string of the molecule is CC(C)(NC(=O)C[C@@H]1CCCN1C(=O)O)c1nccc2ccccc12. The van der Waals surface area contributed by atoms with Gasteiger partial charge in [-0.05, 0) is 38.1 Å². The van der Waals surface area contributed by atoms with Crippen LogP contribution in [0.3, 0.4) is 0 Å². The van der Waals surface area contributed by atoms with Crippen LogP contribution in [0.5, 0.6) is 0 Å². The van der Waals surface area contributed by atoms with E-state index in [1.165, 1.54) is 4.90 Å². The maximum Gasteiger partial charge on any atom is 0.407 e. The highest BCUT2D eigenvalue weighted by Crippen LogP contribution is 2.27. The normalized spacial score (nSPS) is 17.7. The Morgan fingerprint density at radius 1 is 1.32 bits per heavy atom. The van der Waals surface area contributed by atoms with Gasteiger partial charge in [0, 0.05) is 30.6 Å². The van der Waals surface area contributed by atoms with E-state index in [0.29, 0.717) is 6.54 Å². The minimum atomic E-state index is -0.953. The van der Waals surface area contributed by atoms with Crippen LogP contribution in [0.25, 0.3) is 10.8 Å². The number of carboxylic acid groups (broad SMARTS) is 1. The maximum atomic E-state index is 12.5. The van der Waals surface area contributed by atoms with Crippen molar-refractivity contribution in [2.45, 2.75) is 44.7 Å². The Kier molecular flexibility index (Phi) is 4.61. The summed E-state index contributed by atoms with van der Waals surface area (Å²) in [6.07, 6.45) is 2.51. The quantitative estimate of drug-likeness (QED) is 0.895. The van der Waals surface area contributed by atoms with Crippen molar-refractivity contribution in [2.75, 3.05) is 6.54 Å². The summed E-state index contributed by atoms with van der Waals surface area (Å²) in [7, 11) is 0. The molecule has 3 rings (SSSR count). The first-order chi connectivity index (χ1) is 11.9. The number of likely N-dealkylation sites (tertiary alicyclic amines) is 1. The summed E-state index contributed by atoms with van der Waals surface area (Å²) in [6.45, 7) is 4.34. The first kappa shape index (κ1) is 17.2. The van der Waals surface area contributed by atoms with Gasteiger partial charge >= 0.3 is 6.09 Å². The minimum absolute atomic E-state index is 0.155. The fraction of sp³-hybridized carbons (Fsp3) is 0.421. The number of carbonyl (C=O) groups excluding carboxylic acids is 1. The topological polar surface area (TPSA) is 82.5 Å². The van der Waals surface area contributed by atoms with E-state index in [4.69, 9.17) is 0 Å². The second-order valence-electron chi connectivity index (χ2n) is 7.03. The van der Waals surface area contributed by atoms with Crippen molar-refractivity contribution in [3.8, 4) is 0 Å². The molecule has 1 saturated heterocycles. The molecule has 2 heterocycles. The Morgan fingerprint density at radius 2 is 2.08 bits per heavy atom. The van der Waals surface area contributed by atoms with Crippen LogP contribution >= 0.6 is 0 Å². The van der Waals surface area contributed by atoms with E-state index in [-0.39, 0.29) is 18.4 Å². The molecule has 0 bridgehead atoms. The van der Waals surface area contributed by atoms with Crippen LogP contribution in [0.1, 0.15) is 38.8 Å². The number of pyridine rings is 1. The molecule has 6 nitrogen and oxygen atoms in total. The highest BCUT2D eigenvalue weighted by atomic mass is 16.4. The summed E-state index contributed by atoms with van der Waals surface area (Å²) in [4.78, 5) is 29.6. The fourth-order valence-corrected chi connectivity index (χ4v) is 3.59. The summed E-state index contributed by atoms with van der Waals surface area (Å²) in [5.41, 5.74) is 0.158. The number of carbonyl (C=O) groups is 2. The van der Waals surface area contributed by atoms with Crippen LogP contribution in [0.2, 0.25) is 0 Å². The zero-order valence-corrected chi connectivity index (χ0v) is 14.5. The van der Waals surface area contributed by atoms with Crippen molar-refractivity contribution in [3.05, 3.63) is 42.2 Å². The van der Waals surface area contributed by atoms with Crippen LogP contribution in [0, 0.1) is 0 Å². The molecule has 1 atom stereocenters. The van der Waals surface area contributed by atoms with Gasteiger partial charge in [0.05, 0.1) is 11.2 Å². The molecule has 0 spiro atoms. The molecule has 1 fully saturated rings.